The van der Waals surface area contributed by atoms with Gasteiger partial charge in [-0.05, 0) is 106 Å². The van der Waals surface area contributed by atoms with Crippen molar-refractivity contribution in [3.63, 3.8) is 0 Å². The highest BCUT2D eigenvalue weighted by molar-refractivity contribution is 6.35. The first-order valence-corrected chi connectivity index (χ1v) is 18.8. The van der Waals surface area contributed by atoms with Gasteiger partial charge in [0, 0.05) is 59.3 Å². The molecule has 53 heavy (non-hydrogen) atoms. The molecule has 1 aliphatic heterocycles. The lowest BCUT2D eigenvalue weighted by atomic mass is 9.98. The average molecular weight is 755 g/mol. The molecule has 1 aliphatic rings. The minimum Gasteiger partial charge on any atom is -0.494 e. The van der Waals surface area contributed by atoms with Gasteiger partial charge in [0.1, 0.15) is 11.4 Å². The second kappa shape index (κ2) is 13.6. The van der Waals surface area contributed by atoms with E-state index in [4.69, 9.17) is 33.0 Å². The molecule has 1 atom stereocenters. The lowest BCUT2D eigenvalue weighted by molar-refractivity contribution is 0.0687. The summed E-state index contributed by atoms with van der Waals surface area (Å²) in [6.07, 6.45) is 1.17. The van der Waals surface area contributed by atoms with Crippen molar-refractivity contribution >= 4 is 62.6 Å². The monoisotopic (exact) mass is 753 g/mol. The van der Waals surface area contributed by atoms with Gasteiger partial charge in [0.05, 0.1) is 34.0 Å². The number of benzene rings is 3. The van der Waals surface area contributed by atoms with Crippen molar-refractivity contribution in [1.82, 2.24) is 18.9 Å². The summed E-state index contributed by atoms with van der Waals surface area (Å²) in [5.74, 6) is -0.362. The lowest BCUT2D eigenvalue weighted by Crippen LogP contribution is -2.43. The molecule has 0 radical (unpaired) electrons. The van der Waals surface area contributed by atoms with Crippen LogP contribution in [0.4, 0.5) is 5.69 Å². The van der Waals surface area contributed by atoms with Crippen LogP contribution in [-0.4, -0.2) is 49.0 Å². The number of halogens is 2. The number of rotatable bonds is 9. The zero-order chi connectivity index (χ0) is 38.2. The van der Waals surface area contributed by atoms with Crippen LogP contribution in [-0.2, 0) is 20.5 Å². The average Bonchev–Trinajstić information content (AvgIpc) is 3.69. The molecule has 1 N–H and O–H groups in total. The standard InChI is InChI=1S/C42H45Cl2N5O4/c1-21(2)27-12-15-33-31(19-27)38(40(42(51)52)46(33)8)48-20-24(5)49-37-30(13-14-32(43)35(37)34-25(6)45-47(9)26(34)7)29(39(49)41(48)50)11-10-16-53-28-17-22(3)36(44)23(4)18-28/h12-15,17-19,21,24H,10-11,16,20H2,1-9H3,(H,51,52)/t24-/m1/s1. The molecule has 9 nitrogen and oxygen atoms in total. The van der Waals surface area contributed by atoms with Crippen molar-refractivity contribution < 1.29 is 19.4 Å². The fourth-order valence-corrected chi connectivity index (χ4v) is 8.60. The van der Waals surface area contributed by atoms with Crippen molar-refractivity contribution in [1.29, 1.82) is 0 Å². The minimum atomic E-state index is -1.09. The number of carboxylic acids is 1. The Morgan fingerprint density at radius 2 is 1.70 bits per heavy atom. The summed E-state index contributed by atoms with van der Waals surface area (Å²) in [4.78, 5) is 29.9. The van der Waals surface area contributed by atoms with Crippen LogP contribution in [0.2, 0.25) is 10.0 Å². The van der Waals surface area contributed by atoms with E-state index >= 15 is 4.79 Å². The van der Waals surface area contributed by atoms with E-state index in [1.807, 2.05) is 81.9 Å². The minimum absolute atomic E-state index is 0.0832. The zero-order valence-corrected chi connectivity index (χ0v) is 33.2. The fraction of sp³-hybridized carbons (Fsp3) is 0.357. The van der Waals surface area contributed by atoms with Crippen LogP contribution in [0.1, 0.15) is 93.8 Å². The second-order valence-electron chi connectivity index (χ2n) is 14.8. The van der Waals surface area contributed by atoms with Crippen molar-refractivity contribution in [3.05, 3.63) is 97.5 Å². The number of hydrogen-bond acceptors (Lipinski definition) is 4. The van der Waals surface area contributed by atoms with Crippen LogP contribution in [0, 0.1) is 27.7 Å². The van der Waals surface area contributed by atoms with E-state index in [2.05, 4.69) is 25.3 Å². The van der Waals surface area contributed by atoms with Gasteiger partial charge in [0.2, 0.25) is 0 Å². The molecule has 0 saturated heterocycles. The van der Waals surface area contributed by atoms with Crippen LogP contribution < -0.4 is 9.64 Å². The van der Waals surface area contributed by atoms with E-state index in [0.717, 1.165) is 77.3 Å². The third-order valence-corrected chi connectivity index (χ3v) is 11.8. The molecule has 0 unspecified atom stereocenters. The number of aromatic nitrogens is 4. The molecular formula is C42H45Cl2N5O4. The third kappa shape index (κ3) is 5.89. The maximum atomic E-state index is 15.2. The van der Waals surface area contributed by atoms with Crippen molar-refractivity contribution in [2.45, 2.75) is 73.3 Å². The van der Waals surface area contributed by atoms with E-state index in [0.29, 0.717) is 35.9 Å². The Bertz CT molecular complexity index is 2460. The van der Waals surface area contributed by atoms with Gasteiger partial charge in [-0.2, -0.15) is 5.10 Å². The van der Waals surface area contributed by atoms with Gasteiger partial charge in [-0.25, -0.2) is 4.79 Å². The number of carbonyl (C=O) groups is 2. The summed E-state index contributed by atoms with van der Waals surface area (Å²) in [7, 11) is 3.67. The number of carbonyl (C=O) groups excluding carboxylic acids is 1. The predicted molar refractivity (Wildman–Crippen MR) is 214 cm³/mol. The maximum absolute atomic E-state index is 15.2. The fourth-order valence-electron chi connectivity index (χ4n) is 8.24. The molecule has 3 aromatic carbocycles. The van der Waals surface area contributed by atoms with Crippen molar-refractivity contribution in [3.8, 4) is 16.9 Å². The number of anilines is 1. The number of aryl methyl sites for hydroxylation is 6. The Hall–Kier alpha value is -4.73. The van der Waals surface area contributed by atoms with Gasteiger partial charge in [0.15, 0.2) is 5.69 Å². The Kier molecular flexibility index (Phi) is 9.40. The number of fused-ring (bicyclic) bond motifs is 4. The molecule has 6 aromatic rings. The summed E-state index contributed by atoms with van der Waals surface area (Å²) in [5.41, 5.74) is 10.1. The molecule has 0 fully saturated rings. The molecule has 0 bridgehead atoms. The normalized spacial score (nSPS) is 14.6. The zero-order valence-electron chi connectivity index (χ0n) is 31.7. The molecule has 1 amide bonds. The summed E-state index contributed by atoms with van der Waals surface area (Å²) in [6, 6.07) is 13.6. The number of ether oxygens (including phenoxy) is 1. The van der Waals surface area contributed by atoms with Crippen LogP contribution in [0.15, 0.2) is 42.5 Å². The SMILES string of the molecule is Cc1cc(OCCCc2c3n(c4c(-c5c(C)nn(C)c5C)c(Cl)ccc24)[C@H](C)CN(c2c(C(=O)O)n(C)c4ccc(C(C)C)cc24)C3=O)cc(C)c1Cl. The molecule has 0 saturated carbocycles. The van der Waals surface area contributed by atoms with Gasteiger partial charge >= 0.3 is 5.97 Å². The van der Waals surface area contributed by atoms with Gasteiger partial charge in [-0.3, -0.25) is 9.48 Å². The largest absolute Gasteiger partial charge is 0.494 e. The van der Waals surface area contributed by atoms with Gasteiger partial charge in [-0.15, -0.1) is 0 Å². The highest BCUT2D eigenvalue weighted by Gasteiger charge is 2.39. The topological polar surface area (TPSA) is 94.5 Å². The first kappa shape index (κ1) is 36.6. The highest BCUT2D eigenvalue weighted by Crippen LogP contribution is 2.46. The van der Waals surface area contributed by atoms with Gasteiger partial charge in [-0.1, -0.05) is 49.2 Å². The molecule has 11 heteroatoms. The Labute approximate surface area is 319 Å². The third-order valence-electron chi connectivity index (χ3n) is 10.9. The van der Waals surface area contributed by atoms with E-state index in [9.17, 15) is 9.90 Å². The summed E-state index contributed by atoms with van der Waals surface area (Å²) in [5, 5.41) is 18.3. The maximum Gasteiger partial charge on any atom is 0.354 e. The van der Waals surface area contributed by atoms with Gasteiger partial charge < -0.3 is 23.9 Å². The molecule has 3 aromatic heterocycles. The number of amides is 1. The molecule has 4 heterocycles. The van der Waals surface area contributed by atoms with E-state index in [1.54, 1.807) is 16.5 Å². The van der Waals surface area contributed by atoms with Crippen LogP contribution in [0.5, 0.6) is 5.75 Å². The number of hydrogen-bond donors (Lipinski definition) is 1. The Morgan fingerprint density at radius 3 is 2.32 bits per heavy atom. The van der Waals surface area contributed by atoms with E-state index in [1.165, 1.54) is 0 Å². The smallest absolute Gasteiger partial charge is 0.354 e. The predicted octanol–water partition coefficient (Wildman–Crippen LogP) is 10.1. The van der Waals surface area contributed by atoms with E-state index < -0.39 is 5.97 Å². The van der Waals surface area contributed by atoms with Crippen LogP contribution >= 0.6 is 23.2 Å². The molecule has 7 rings (SSSR count). The first-order valence-electron chi connectivity index (χ1n) is 18.0. The number of nitrogens with zero attached hydrogens (tertiary/aromatic N) is 5. The molecular weight excluding hydrogens is 709 g/mol. The summed E-state index contributed by atoms with van der Waals surface area (Å²) < 4.78 is 11.9. The Morgan fingerprint density at radius 1 is 1.00 bits per heavy atom. The lowest BCUT2D eigenvalue weighted by Gasteiger charge is -2.34. The summed E-state index contributed by atoms with van der Waals surface area (Å²) >= 11 is 13.5. The molecule has 0 aliphatic carbocycles. The second-order valence-corrected chi connectivity index (χ2v) is 15.6. The summed E-state index contributed by atoms with van der Waals surface area (Å²) in [6.45, 7) is 14.9. The molecule has 0 spiro atoms. The van der Waals surface area contributed by atoms with E-state index in [-0.39, 0.29) is 30.1 Å². The van der Waals surface area contributed by atoms with Crippen molar-refractivity contribution in [2.24, 2.45) is 14.1 Å². The Balaban J connectivity index is 1.42. The quantitative estimate of drug-likeness (QED) is 0.148. The van der Waals surface area contributed by atoms with Crippen molar-refractivity contribution in [2.75, 3.05) is 18.1 Å². The highest BCUT2D eigenvalue weighted by atomic mass is 35.5. The number of aromatic carboxylic acids is 1. The first-order chi connectivity index (χ1) is 25.1. The van der Waals surface area contributed by atoms with Crippen LogP contribution in [0.25, 0.3) is 32.9 Å². The molecule has 276 valence electrons. The number of carboxylic acid groups (broad SMARTS) is 1. The van der Waals surface area contributed by atoms with Crippen LogP contribution in [0.3, 0.4) is 0 Å². The van der Waals surface area contributed by atoms with Gasteiger partial charge in [0.25, 0.3) is 5.91 Å².